The number of hydrogen-bond acceptors (Lipinski definition) is 3. The lowest BCUT2D eigenvalue weighted by Crippen LogP contribution is -2.23. The van der Waals surface area contributed by atoms with Crippen LogP contribution in [0.15, 0.2) is 18.2 Å². The molecular formula is C13H16F3NO2. The van der Waals surface area contributed by atoms with Crippen LogP contribution < -0.4 is 10.1 Å². The van der Waals surface area contributed by atoms with Crippen molar-refractivity contribution in [2.75, 3.05) is 26.4 Å². The molecule has 0 fully saturated rings. The summed E-state index contributed by atoms with van der Waals surface area (Å²) in [7, 11) is 0. The summed E-state index contributed by atoms with van der Waals surface area (Å²) in [5.41, 5.74) is 2.28. The summed E-state index contributed by atoms with van der Waals surface area (Å²) >= 11 is 0. The van der Waals surface area contributed by atoms with E-state index >= 15 is 0 Å². The first kappa shape index (κ1) is 14.1. The number of alkyl halides is 3. The molecule has 106 valence electrons. The zero-order valence-electron chi connectivity index (χ0n) is 10.4. The van der Waals surface area contributed by atoms with E-state index in [0.29, 0.717) is 13.1 Å². The molecule has 0 atom stereocenters. The van der Waals surface area contributed by atoms with Crippen molar-refractivity contribution < 1.29 is 22.6 Å². The average molecular weight is 275 g/mol. The third-order valence-electron chi connectivity index (χ3n) is 2.77. The van der Waals surface area contributed by atoms with Gasteiger partial charge in [0.2, 0.25) is 0 Å². The Morgan fingerprint density at radius 3 is 2.95 bits per heavy atom. The SMILES string of the molecule is FC(F)(F)COCCNCc1ccc2c(c1)CCO2. The van der Waals surface area contributed by atoms with E-state index in [1.165, 1.54) is 5.56 Å². The van der Waals surface area contributed by atoms with E-state index in [4.69, 9.17) is 4.74 Å². The lowest BCUT2D eigenvalue weighted by atomic mass is 10.1. The Hall–Kier alpha value is -1.27. The Labute approximate surface area is 109 Å². The summed E-state index contributed by atoms with van der Waals surface area (Å²) in [5, 5.41) is 3.05. The van der Waals surface area contributed by atoms with E-state index in [0.717, 1.165) is 24.3 Å². The average Bonchev–Trinajstić information content (AvgIpc) is 2.79. The van der Waals surface area contributed by atoms with Crippen molar-refractivity contribution in [1.82, 2.24) is 5.32 Å². The van der Waals surface area contributed by atoms with E-state index < -0.39 is 12.8 Å². The molecule has 3 nitrogen and oxygen atoms in total. The van der Waals surface area contributed by atoms with Gasteiger partial charge in [-0.15, -0.1) is 0 Å². The second-order valence-corrected chi connectivity index (χ2v) is 4.39. The largest absolute Gasteiger partial charge is 0.493 e. The summed E-state index contributed by atoms with van der Waals surface area (Å²) in [5.74, 6) is 0.928. The summed E-state index contributed by atoms with van der Waals surface area (Å²) < 4.78 is 45.3. The maximum absolute atomic E-state index is 11.8. The fourth-order valence-electron chi connectivity index (χ4n) is 1.91. The fraction of sp³-hybridized carbons (Fsp3) is 0.538. The second kappa shape index (κ2) is 6.25. The third-order valence-corrected chi connectivity index (χ3v) is 2.77. The molecule has 0 saturated heterocycles. The lowest BCUT2D eigenvalue weighted by molar-refractivity contribution is -0.173. The van der Waals surface area contributed by atoms with E-state index in [-0.39, 0.29) is 6.61 Å². The Morgan fingerprint density at radius 1 is 1.32 bits per heavy atom. The third kappa shape index (κ3) is 4.72. The summed E-state index contributed by atoms with van der Waals surface area (Å²) in [6.45, 7) is 0.586. The van der Waals surface area contributed by atoms with Crippen molar-refractivity contribution in [3.63, 3.8) is 0 Å². The monoisotopic (exact) mass is 275 g/mol. The topological polar surface area (TPSA) is 30.5 Å². The number of ether oxygens (including phenoxy) is 2. The molecule has 0 bridgehead atoms. The van der Waals surface area contributed by atoms with Gasteiger partial charge in [-0.3, -0.25) is 0 Å². The van der Waals surface area contributed by atoms with Crippen LogP contribution in [0.3, 0.4) is 0 Å². The van der Waals surface area contributed by atoms with Crippen molar-refractivity contribution in [1.29, 1.82) is 0 Å². The molecule has 1 aliphatic rings. The number of fused-ring (bicyclic) bond motifs is 1. The molecule has 2 rings (SSSR count). The van der Waals surface area contributed by atoms with Gasteiger partial charge in [0.05, 0.1) is 13.2 Å². The van der Waals surface area contributed by atoms with Gasteiger partial charge in [0.15, 0.2) is 0 Å². The minimum atomic E-state index is -4.25. The van der Waals surface area contributed by atoms with E-state index in [9.17, 15) is 13.2 Å². The molecule has 0 radical (unpaired) electrons. The van der Waals surface area contributed by atoms with Crippen LogP contribution >= 0.6 is 0 Å². The standard InChI is InChI=1S/C13H16F3NO2/c14-13(15,16)9-18-6-4-17-8-10-1-2-12-11(7-10)3-5-19-12/h1-2,7,17H,3-6,8-9H2. The molecule has 0 saturated carbocycles. The molecule has 6 heteroatoms. The van der Waals surface area contributed by atoms with Gasteiger partial charge >= 0.3 is 6.18 Å². The van der Waals surface area contributed by atoms with Crippen molar-refractivity contribution in [2.24, 2.45) is 0 Å². The van der Waals surface area contributed by atoms with Gasteiger partial charge in [-0.25, -0.2) is 0 Å². The number of hydrogen-bond donors (Lipinski definition) is 1. The van der Waals surface area contributed by atoms with E-state index in [1.807, 2.05) is 12.1 Å². The minimum Gasteiger partial charge on any atom is -0.493 e. The highest BCUT2D eigenvalue weighted by molar-refractivity contribution is 5.39. The first-order valence-corrected chi connectivity index (χ1v) is 6.14. The number of rotatable bonds is 6. The summed E-state index contributed by atoms with van der Waals surface area (Å²) in [4.78, 5) is 0. The normalized spacial score (nSPS) is 14.3. The van der Waals surface area contributed by atoms with E-state index in [1.54, 1.807) is 0 Å². The zero-order chi connectivity index (χ0) is 13.7. The molecule has 0 amide bonds. The Morgan fingerprint density at radius 2 is 2.16 bits per heavy atom. The van der Waals surface area contributed by atoms with Gasteiger partial charge in [0, 0.05) is 19.5 Å². The Bertz CT molecular complexity index is 421. The Kier molecular flexibility index (Phi) is 4.66. The zero-order valence-corrected chi connectivity index (χ0v) is 10.4. The molecule has 0 aromatic heterocycles. The van der Waals surface area contributed by atoms with Crippen LogP contribution in [-0.2, 0) is 17.7 Å². The Balaban J connectivity index is 1.63. The van der Waals surface area contributed by atoms with Gasteiger partial charge in [-0.05, 0) is 17.2 Å². The molecule has 1 aliphatic heterocycles. The van der Waals surface area contributed by atoms with Gasteiger partial charge in [0.1, 0.15) is 12.4 Å². The first-order valence-electron chi connectivity index (χ1n) is 6.14. The van der Waals surface area contributed by atoms with Gasteiger partial charge < -0.3 is 14.8 Å². The highest BCUT2D eigenvalue weighted by atomic mass is 19.4. The molecule has 0 unspecified atom stereocenters. The maximum atomic E-state index is 11.8. The van der Waals surface area contributed by atoms with Crippen molar-refractivity contribution in [3.8, 4) is 5.75 Å². The van der Waals surface area contributed by atoms with Crippen molar-refractivity contribution in [2.45, 2.75) is 19.1 Å². The molecule has 1 aromatic carbocycles. The van der Waals surface area contributed by atoms with Crippen LogP contribution in [0.1, 0.15) is 11.1 Å². The van der Waals surface area contributed by atoms with E-state index in [2.05, 4.69) is 16.1 Å². The van der Waals surface area contributed by atoms with Gasteiger partial charge in [-0.2, -0.15) is 13.2 Å². The van der Waals surface area contributed by atoms with Gasteiger partial charge in [0.25, 0.3) is 0 Å². The smallest absolute Gasteiger partial charge is 0.411 e. The highest BCUT2D eigenvalue weighted by Crippen LogP contribution is 2.25. The summed E-state index contributed by atoms with van der Waals surface area (Å²) in [6, 6.07) is 5.94. The van der Waals surface area contributed by atoms with Crippen LogP contribution in [0.5, 0.6) is 5.75 Å². The second-order valence-electron chi connectivity index (χ2n) is 4.39. The number of halogens is 3. The van der Waals surface area contributed by atoms with Crippen LogP contribution in [0.2, 0.25) is 0 Å². The quantitative estimate of drug-likeness (QED) is 0.808. The number of nitrogens with one attached hydrogen (secondary N) is 1. The predicted molar refractivity (Wildman–Crippen MR) is 64.2 cm³/mol. The van der Waals surface area contributed by atoms with Crippen molar-refractivity contribution in [3.05, 3.63) is 29.3 Å². The molecule has 1 heterocycles. The molecule has 0 spiro atoms. The number of benzene rings is 1. The van der Waals surface area contributed by atoms with Crippen LogP contribution in [0, 0.1) is 0 Å². The molecule has 1 N–H and O–H groups in total. The predicted octanol–water partition coefficient (Wildman–Crippen LogP) is 2.29. The van der Waals surface area contributed by atoms with Crippen LogP contribution in [0.4, 0.5) is 13.2 Å². The molecular weight excluding hydrogens is 259 g/mol. The lowest BCUT2D eigenvalue weighted by Gasteiger charge is -2.09. The highest BCUT2D eigenvalue weighted by Gasteiger charge is 2.27. The first-order chi connectivity index (χ1) is 9.04. The fourth-order valence-corrected chi connectivity index (χ4v) is 1.91. The van der Waals surface area contributed by atoms with Crippen molar-refractivity contribution >= 4 is 0 Å². The van der Waals surface area contributed by atoms with Crippen LogP contribution in [-0.4, -0.2) is 32.5 Å². The van der Waals surface area contributed by atoms with Crippen LogP contribution in [0.25, 0.3) is 0 Å². The molecule has 19 heavy (non-hydrogen) atoms. The maximum Gasteiger partial charge on any atom is 0.411 e. The summed E-state index contributed by atoms with van der Waals surface area (Å²) in [6.07, 6.45) is -3.34. The molecule has 0 aliphatic carbocycles. The molecule has 1 aromatic rings. The van der Waals surface area contributed by atoms with Gasteiger partial charge in [-0.1, -0.05) is 12.1 Å². The minimum absolute atomic E-state index is 0.0492.